The molecule has 6 rings (SSSR count). The number of fused-ring (bicyclic) bond motifs is 2. The lowest BCUT2D eigenvalue weighted by Gasteiger charge is -2.08. The zero-order valence-electron chi connectivity index (χ0n) is 25.3. The fourth-order valence-corrected chi connectivity index (χ4v) is 4.67. The van der Waals surface area contributed by atoms with Crippen molar-refractivity contribution >= 4 is 88.5 Å². The molecule has 0 bridgehead atoms. The first kappa shape index (κ1) is 37.9. The predicted octanol–water partition coefficient (Wildman–Crippen LogP) is 8.07. The van der Waals surface area contributed by atoms with Crippen LogP contribution in [0.2, 0.25) is 15.2 Å². The molecule has 0 spiro atoms. The molecule has 13 heteroatoms. The third-order valence-electron chi connectivity index (χ3n) is 6.34. The summed E-state index contributed by atoms with van der Waals surface area (Å²) in [4.78, 5) is 33.9. The molecular formula is C35H27BCl3F2N3O4. The third-order valence-corrected chi connectivity index (χ3v) is 7.31. The summed E-state index contributed by atoms with van der Waals surface area (Å²) in [5.74, 6) is -0.835. The van der Waals surface area contributed by atoms with Crippen LogP contribution in [-0.4, -0.2) is 53.0 Å². The Bertz CT molecular complexity index is 2050. The maximum absolute atomic E-state index is 13.3. The van der Waals surface area contributed by atoms with E-state index in [1.807, 2.05) is 6.92 Å². The zero-order chi connectivity index (χ0) is 35.2. The Morgan fingerprint density at radius 1 is 0.750 bits per heavy atom. The quantitative estimate of drug-likeness (QED) is 0.0811. The molecule has 2 aromatic heterocycles. The molecule has 2 N–H and O–H groups in total. The van der Waals surface area contributed by atoms with Gasteiger partial charge in [0.1, 0.15) is 16.8 Å². The van der Waals surface area contributed by atoms with Gasteiger partial charge in [-0.15, -0.1) is 0 Å². The SMILES string of the molecule is C=NCC.O=Cc1cc2c(Cl)cccc2nc1-c1cccc(F)c1.O=Cc1cc2c(Cl)cccc2nc1Cl.OB(O)c1cccc(F)c1. The van der Waals surface area contributed by atoms with Gasteiger partial charge in [-0.2, -0.15) is 0 Å². The van der Waals surface area contributed by atoms with E-state index in [1.165, 1.54) is 30.3 Å². The van der Waals surface area contributed by atoms with Crippen molar-refractivity contribution in [1.29, 1.82) is 0 Å². The van der Waals surface area contributed by atoms with Crippen LogP contribution in [0.1, 0.15) is 27.6 Å². The molecule has 0 aliphatic heterocycles. The number of carbonyl (C=O) groups is 2. The summed E-state index contributed by atoms with van der Waals surface area (Å²) >= 11 is 17.8. The number of benzene rings is 4. The second-order valence-electron chi connectivity index (χ2n) is 9.62. The molecule has 0 radical (unpaired) electrons. The van der Waals surface area contributed by atoms with Crippen molar-refractivity contribution in [3.63, 3.8) is 0 Å². The zero-order valence-corrected chi connectivity index (χ0v) is 27.6. The van der Waals surface area contributed by atoms with Gasteiger partial charge in [0.15, 0.2) is 12.6 Å². The number of rotatable bonds is 5. The standard InChI is InChI=1S/C16H9ClFNO.C10H5Cl2NO.C6H6BFO2.C3H7N/c17-14-5-2-6-15-13(14)8-11(9-20)16(19-15)10-3-1-4-12(18)7-10;11-8-2-1-3-9-7(8)4-6(5-14)10(12)13-9;8-6-3-1-2-5(4-6)7(9)10;1-3-4-2/h1-9H;1-5H;1-4,9-10H;2-3H2,1H3. The highest BCUT2D eigenvalue weighted by atomic mass is 35.5. The van der Waals surface area contributed by atoms with E-state index in [1.54, 1.807) is 60.7 Å². The summed E-state index contributed by atoms with van der Waals surface area (Å²) in [6.45, 7) is 6.01. The first-order chi connectivity index (χ1) is 23.0. The van der Waals surface area contributed by atoms with Crippen LogP contribution < -0.4 is 5.46 Å². The lowest BCUT2D eigenvalue weighted by molar-refractivity contribution is 0.111. The van der Waals surface area contributed by atoms with Crippen molar-refractivity contribution in [3.8, 4) is 11.3 Å². The minimum absolute atomic E-state index is 0.167. The first-order valence-corrected chi connectivity index (χ1v) is 15.2. The van der Waals surface area contributed by atoms with Crippen molar-refractivity contribution in [2.75, 3.05) is 6.54 Å². The van der Waals surface area contributed by atoms with E-state index in [0.717, 1.165) is 18.0 Å². The van der Waals surface area contributed by atoms with Gasteiger partial charge in [-0.1, -0.05) is 71.2 Å². The summed E-state index contributed by atoms with van der Waals surface area (Å²) in [5, 5.41) is 19.8. The monoisotopic (exact) mass is 707 g/mol. The van der Waals surface area contributed by atoms with E-state index >= 15 is 0 Å². The van der Waals surface area contributed by atoms with E-state index in [4.69, 9.17) is 44.9 Å². The van der Waals surface area contributed by atoms with Crippen LogP contribution >= 0.6 is 34.8 Å². The normalized spacial score (nSPS) is 10.0. The molecule has 0 amide bonds. The molecule has 0 aliphatic rings. The number of hydrogen-bond donors (Lipinski definition) is 2. The molecule has 0 atom stereocenters. The molecule has 0 saturated heterocycles. The Balaban J connectivity index is 0.000000195. The van der Waals surface area contributed by atoms with Crippen molar-refractivity contribution in [1.82, 2.24) is 9.97 Å². The van der Waals surface area contributed by atoms with Crippen LogP contribution in [0.4, 0.5) is 8.78 Å². The van der Waals surface area contributed by atoms with E-state index in [9.17, 15) is 18.4 Å². The van der Waals surface area contributed by atoms with Crippen molar-refractivity contribution in [2.45, 2.75) is 6.92 Å². The number of pyridine rings is 2. The Hall–Kier alpha value is -4.58. The lowest BCUT2D eigenvalue weighted by Crippen LogP contribution is -2.29. The molecule has 2 heterocycles. The minimum atomic E-state index is -1.59. The van der Waals surface area contributed by atoms with E-state index < -0.39 is 12.9 Å². The summed E-state index contributed by atoms with van der Waals surface area (Å²) < 4.78 is 25.6. The highest BCUT2D eigenvalue weighted by molar-refractivity contribution is 6.58. The van der Waals surface area contributed by atoms with Gasteiger partial charge in [0.25, 0.3) is 0 Å². The van der Waals surface area contributed by atoms with Crippen LogP contribution in [0, 0.1) is 11.6 Å². The highest BCUT2D eigenvalue weighted by Crippen LogP contribution is 2.29. The average Bonchev–Trinajstić information content (AvgIpc) is 3.08. The molecule has 4 aromatic carbocycles. The van der Waals surface area contributed by atoms with Gasteiger partial charge in [0, 0.05) is 38.5 Å². The number of halogens is 5. The van der Waals surface area contributed by atoms with Crippen LogP contribution in [0.15, 0.2) is 102 Å². The van der Waals surface area contributed by atoms with E-state index in [-0.39, 0.29) is 16.4 Å². The number of aldehydes is 2. The van der Waals surface area contributed by atoms with Gasteiger partial charge in [-0.05, 0) is 79.8 Å². The second kappa shape index (κ2) is 18.7. The molecule has 0 fully saturated rings. The Labute approximate surface area is 290 Å². The number of carbonyl (C=O) groups excluding carboxylic acids is 2. The maximum atomic E-state index is 13.3. The first-order valence-electron chi connectivity index (χ1n) is 14.1. The summed E-state index contributed by atoms with van der Waals surface area (Å²) in [6, 6.07) is 25.1. The number of hydrogen-bond acceptors (Lipinski definition) is 7. The summed E-state index contributed by atoms with van der Waals surface area (Å²) in [5.41, 5.74) is 3.28. The number of nitrogens with zero attached hydrogens (tertiary/aromatic N) is 3. The fourth-order valence-electron chi connectivity index (χ4n) is 4.03. The minimum Gasteiger partial charge on any atom is -0.423 e. The topological polar surface area (TPSA) is 113 Å². The van der Waals surface area contributed by atoms with Crippen LogP contribution in [-0.2, 0) is 0 Å². The summed E-state index contributed by atoms with van der Waals surface area (Å²) in [6.07, 6.45) is 1.37. The van der Waals surface area contributed by atoms with Crippen LogP contribution in [0.3, 0.4) is 0 Å². The molecule has 0 unspecified atom stereocenters. The van der Waals surface area contributed by atoms with Crippen molar-refractivity contribution < 1.29 is 28.4 Å². The predicted molar refractivity (Wildman–Crippen MR) is 191 cm³/mol. The van der Waals surface area contributed by atoms with Gasteiger partial charge >= 0.3 is 7.12 Å². The Kier molecular flexibility index (Phi) is 14.7. The maximum Gasteiger partial charge on any atom is 0.488 e. The second-order valence-corrected chi connectivity index (χ2v) is 10.8. The van der Waals surface area contributed by atoms with Gasteiger partial charge in [0.05, 0.1) is 22.3 Å². The smallest absolute Gasteiger partial charge is 0.423 e. The van der Waals surface area contributed by atoms with Crippen LogP contribution in [0.5, 0.6) is 0 Å². The highest BCUT2D eigenvalue weighted by Gasteiger charge is 2.12. The summed E-state index contributed by atoms with van der Waals surface area (Å²) in [7, 11) is -1.59. The van der Waals surface area contributed by atoms with Gasteiger partial charge in [-0.25, -0.2) is 18.7 Å². The molecule has 0 aliphatic carbocycles. The van der Waals surface area contributed by atoms with Gasteiger partial charge in [0.2, 0.25) is 0 Å². The lowest BCUT2D eigenvalue weighted by atomic mass is 9.80. The molecular weight excluding hydrogens is 682 g/mol. The molecule has 244 valence electrons. The number of aromatic nitrogens is 2. The largest absolute Gasteiger partial charge is 0.488 e. The van der Waals surface area contributed by atoms with Gasteiger partial charge < -0.3 is 15.0 Å². The number of aliphatic imine (C=N–C) groups is 1. The molecule has 48 heavy (non-hydrogen) atoms. The van der Waals surface area contributed by atoms with Crippen molar-refractivity contribution in [2.24, 2.45) is 4.99 Å². The average molecular weight is 709 g/mol. The van der Waals surface area contributed by atoms with E-state index in [2.05, 4.69) is 21.7 Å². The molecule has 6 aromatic rings. The van der Waals surface area contributed by atoms with E-state index in [0.29, 0.717) is 61.4 Å². The molecule has 0 saturated carbocycles. The van der Waals surface area contributed by atoms with Gasteiger partial charge in [-0.3, -0.25) is 9.59 Å². The Morgan fingerprint density at radius 2 is 1.25 bits per heavy atom. The van der Waals surface area contributed by atoms with Crippen molar-refractivity contribution in [3.05, 3.63) is 135 Å². The molecule has 7 nitrogen and oxygen atoms in total. The Morgan fingerprint density at radius 3 is 1.73 bits per heavy atom. The third kappa shape index (κ3) is 10.5. The fraction of sp³-hybridized carbons (Fsp3) is 0.0571. The van der Waals surface area contributed by atoms with Crippen LogP contribution in [0.25, 0.3) is 33.1 Å².